The highest BCUT2D eigenvalue weighted by atomic mass is 16.6. The monoisotopic (exact) mass is 292 g/mol. The highest BCUT2D eigenvalue weighted by Crippen LogP contribution is 2.44. The highest BCUT2D eigenvalue weighted by Gasteiger charge is 2.35. The van der Waals surface area contributed by atoms with Crippen molar-refractivity contribution in [2.75, 3.05) is 19.0 Å². The molecule has 0 aromatic heterocycles. The van der Waals surface area contributed by atoms with Crippen LogP contribution in [0.3, 0.4) is 0 Å². The number of ether oxygens (including phenoxy) is 1. The first-order valence-electron chi connectivity index (χ1n) is 7.12. The van der Waals surface area contributed by atoms with Crippen molar-refractivity contribution in [3.05, 3.63) is 33.9 Å². The molecular formula is C15H20N2O4. The Bertz CT molecular complexity index is 547. The van der Waals surface area contributed by atoms with Crippen LogP contribution in [0.5, 0.6) is 0 Å². The van der Waals surface area contributed by atoms with Gasteiger partial charge in [-0.25, -0.2) is 4.79 Å². The van der Waals surface area contributed by atoms with Crippen molar-refractivity contribution in [2.24, 2.45) is 5.41 Å². The van der Waals surface area contributed by atoms with E-state index in [2.05, 4.69) is 17.0 Å². The molecule has 0 unspecified atom stereocenters. The number of benzene rings is 1. The standard InChI is InChI=1S/C15H20N2O4/c1-3-15(7-4-8-15)10-16-12-9-11(14(18)21-2)5-6-13(12)17(19)20/h5-6,9,16H,3-4,7-8,10H2,1-2H3. The smallest absolute Gasteiger partial charge is 0.337 e. The summed E-state index contributed by atoms with van der Waals surface area (Å²) < 4.78 is 4.65. The van der Waals surface area contributed by atoms with Crippen LogP contribution in [-0.2, 0) is 4.74 Å². The van der Waals surface area contributed by atoms with Crippen LogP contribution in [0.2, 0.25) is 0 Å². The number of anilines is 1. The second kappa shape index (κ2) is 6.11. The molecular weight excluding hydrogens is 272 g/mol. The molecule has 0 spiro atoms. The lowest BCUT2D eigenvalue weighted by atomic mass is 9.67. The maximum absolute atomic E-state index is 11.6. The molecule has 114 valence electrons. The predicted molar refractivity (Wildman–Crippen MR) is 79.5 cm³/mol. The summed E-state index contributed by atoms with van der Waals surface area (Å²) in [4.78, 5) is 22.2. The summed E-state index contributed by atoms with van der Waals surface area (Å²) in [6.07, 6.45) is 4.53. The average Bonchev–Trinajstić information content (AvgIpc) is 2.45. The number of esters is 1. The van der Waals surface area contributed by atoms with Crippen molar-refractivity contribution in [3.8, 4) is 0 Å². The van der Waals surface area contributed by atoms with Crippen molar-refractivity contribution in [1.82, 2.24) is 0 Å². The van der Waals surface area contributed by atoms with E-state index in [1.165, 1.54) is 31.7 Å². The lowest BCUT2D eigenvalue weighted by Crippen LogP contribution is -2.36. The molecule has 0 atom stereocenters. The third kappa shape index (κ3) is 3.15. The molecule has 1 fully saturated rings. The van der Waals surface area contributed by atoms with Gasteiger partial charge in [0.05, 0.1) is 17.6 Å². The highest BCUT2D eigenvalue weighted by molar-refractivity contribution is 5.91. The van der Waals surface area contributed by atoms with Gasteiger partial charge in [0.2, 0.25) is 0 Å². The first-order chi connectivity index (χ1) is 10.0. The Morgan fingerprint density at radius 3 is 2.67 bits per heavy atom. The third-order valence-corrected chi connectivity index (χ3v) is 4.43. The molecule has 6 nitrogen and oxygen atoms in total. The van der Waals surface area contributed by atoms with Gasteiger partial charge in [0.25, 0.3) is 5.69 Å². The summed E-state index contributed by atoms with van der Waals surface area (Å²) in [7, 11) is 1.29. The van der Waals surface area contributed by atoms with Gasteiger partial charge in [-0.1, -0.05) is 13.3 Å². The van der Waals surface area contributed by atoms with Gasteiger partial charge in [0.1, 0.15) is 5.69 Å². The number of nitro groups is 1. The van der Waals surface area contributed by atoms with Gasteiger partial charge < -0.3 is 10.1 Å². The summed E-state index contributed by atoms with van der Waals surface area (Å²) in [5.41, 5.74) is 0.899. The molecule has 0 bridgehead atoms. The first kappa shape index (κ1) is 15.3. The third-order valence-electron chi connectivity index (χ3n) is 4.43. The molecule has 1 saturated carbocycles. The van der Waals surface area contributed by atoms with Crippen molar-refractivity contribution >= 4 is 17.3 Å². The SMILES string of the molecule is CCC1(CNc2cc(C(=O)OC)ccc2[N+](=O)[O-])CCC1. The van der Waals surface area contributed by atoms with E-state index in [4.69, 9.17) is 0 Å². The summed E-state index contributed by atoms with van der Waals surface area (Å²) in [6, 6.07) is 4.24. The predicted octanol–water partition coefficient (Wildman–Crippen LogP) is 3.37. The van der Waals surface area contributed by atoms with Crippen LogP contribution >= 0.6 is 0 Å². The van der Waals surface area contributed by atoms with E-state index in [-0.39, 0.29) is 11.1 Å². The van der Waals surface area contributed by atoms with Crippen LogP contribution in [0, 0.1) is 15.5 Å². The zero-order valence-electron chi connectivity index (χ0n) is 12.3. The number of nitro benzene ring substituents is 1. The Morgan fingerprint density at radius 1 is 1.48 bits per heavy atom. The largest absolute Gasteiger partial charge is 0.465 e. The van der Waals surface area contributed by atoms with E-state index >= 15 is 0 Å². The van der Waals surface area contributed by atoms with E-state index in [9.17, 15) is 14.9 Å². The lowest BCUT2D eigenvalue weighted by molar-refractivity contribution is -0.384. The van der Waals surface area contributed by atoms with Crippen molar-refractivity contribution in [1.29, 1.82) is 0 Å². The number of carbonyl (C=O) groups is 1. The van der Waals surface area contributed by atoms with E-state index in [1.807, 2.05) is 0 Å². The fourth-order valence-electron chi connectivity index (χ4n) is 2.70. The van der Waals surface area contributed by atoms with E-state index in [0.29, 0.717) is 17.8 Å². The number of hydrogen-bond donors (Lipinski definition) is 1. The fourth-order valence-corrected chi connectivity index (χ4v) is 2.70. The second-order valence-corrected chi connectivity index (χ2v) is 5.54. The minimum absolute atomic E-state index is 0.0202. The van der Waals surface area contributed by atoms with E-state index in [0.717, 1.165) is 19.3 Å². The molecule has 21 heavy (non-hydrogen) atoms. The van der Waals surface area contributed by atoms with Crippen molar-refractivity contribution in [3.63, 3.8) is 0 Å². The van der Waals surface area contributed by atoms with Gasteiger partial charge in [-0.3, -0.25) is 10.1 Å². The van der Waals surface area contributed by atoms with Crippen LogP contribution in [-0.4, -0.2) is 24.5 Å². The number of rotatable bonds is 6. The van der Waals surface area contributed by atoms with Gasteiger partial charge >= 0.3 is 5.97 Å². The molecule has 1 aliphatic rings. The maximum Gasteiger partial charge on any atom is 0.337 e. The van der Waals surface area contributed by atoms with Crippen LogP contribution < -0.4 is 5.32 Å². The van der Waals surface area contributed by atoms with Gasteiger partial charge in [0.15, 0.2) is 0 Å². The normalized spacial score (nSPS) is 15.9. The van der Waals surface area contributed by atoms with Gasteiger partial charge in [-0.15, -0.1) is 0 Å². The Balaban J connectivity index is 2.22. The van der Waals surface area contributed by atoms with Crippen LogP contribution in [0.4, 0.5) is 11.4 Å². The summed E-state index contributed by atoms with van der Waals surface area (Å²) in [6.45, 7) is 2.83. The number of carbonyl (C=O) groups excluding carboxylic acids is 1. The summed E-state index contributed by atoms with van der Waals surface area (Å²) in [5, 5.41) is 14.3. The maximum atomic E-state index is 11.6. The minimum Gasteiger partial charge on any atom is -0.465 e. The van der Waals surface area contributed by atoms with Crippen molar-refractivity contribution in [2.45, 2.75) is 32.6 Å². The zero-order valence-corrected chi connectivity index (χ0v) is 12.3. The van der Waals surface area contributed by atoms with Gasteiger partial charge in [-0.2, -0.15) is 0 Å². The van der Waals surface area contributed by atoms with Crippen molar-refractivity contribution < 1.29 is 14.5 Å². The molecule has 0 saturated heterocycles. The van der Waals surface area contributed by atoms with E-state index in [1.54, 1.807) is 0 Å². The molecule has 1 aliphatic carbocycles. The van der Waals surface area contributed by atoms with Gasteiger partial charge in [0, 0.05) is 12.6 Å². The Hall–Kier alpha value is -2.11. The minimum atomic E-state index is -0.498. The fraction of sp³-hybridized carbons (Fsp3) is 0.533. The number of methoxy groups -OCH3 is 1. The van der Waals surface area contributed by atoms with Crippen LogP contribution in [0.25, 0.3) is 0 Å². The number of hydrogen-bond acceptors (Lipinski definition) is 5. The van der Waals surface area contributed by atoms with Crippen LogP contribution in [0.15, 0.2) is 18.2 Å². The quantitative estimate of drug-likeness (QED) is 0.494. The topological polar surface area (TPSA) is 81.5 Å². The average molecular weight is 292 g/mol. The van der Waals surface area contributed by atoms with Gasteiger partial charge in [-0.05, 0) is 36.8 Å². The molecule has 0 heterocycles. The Morgan fingerprint density at radius 2 is 2.19 bits per heavy atom. The molecule has 1 aromatic carbocycles. The second-order valence-electron chi connectivity index (χ2n) is 5.54. The molecule has 0 amide bonds. The first-order valence-corrected chi connectivity index (χ1v) is 7.12. The Kier molecular flexibility index (Phi) is 4.45. The Labute approximate surface area is 123 Å². The van der Waals surface area contributed by atoms with E-state index < -0.39 is 10.9 Å². The molecule has 1 N–H and O–H groups in total. The lowest BCUT2D eigenvalue weighted by Gasteiger charge is -2.41. The summed E-state index contributed by atoms with van der Waals surface area (Å²) in [5.74, 6) is -0.498. The molecule has 2 rings (SSSR count). The van der Waals surface area contributed by atoms with Crippen LogP contribution in [0.1, 0.15) is 43.0 Å². The zero-order chi connectivity index (χ0) is 15.5. The molecule has 0 aliphatic heterocycles. The number of nitrogens with one attached hydrogen (secondary N) is 1. The molecule has 6 heteroatoms. The number of nitrogens with zero attached hydrogens (tertiary/aromatic N) is 1. The molecule has 0 radical (unpaired) electrons. The molecule has 1 aromatic rings. The summed E-state index contributed by atoms with van der Waals surface area (Å²) >= 11 is 0.